The number of amides is 1. The fraction of sp³-hybridized carbons (Fsp3) is 0.273. The van der Waals surface area contributed by atoms with Gasteiger partial charge >= 0.3 is 6.09 Å². The van der Waals surface area contributed by atoms with E-state index in [9.17, 15) is 4.79 Å². The number of hydrogen-bond acceptors (Lipinski definition) is 4. The zero-order valence-electron chi connectivity index (χ0n) is 15.7. The van der Waals surface area contributed by atoms with Crippen LogP contribution in [-0.2, 0) is 0 Å². The first-order valence-electron chi connectivity index (χ1n) is 9.32. The van der Waals surface area contributed by atoms with Crippen molar-refractivity contribution in [2.75, 3.05) is 20.2 Å². The number of nitrogens with zero attached hydrogens (tertiary/aromatic N) is 2. The Kier molecular flexibility index (Phi) is 5.02. The van der Waals surface area contributed by atoms with Crippen molar-refractivity contribution >= 4 is 16.9 Å². The second kappa shape index (κ2) is 7.76. The Morgan fingerprint density at radius 2 is 1.79 bits per heavy atom. The van der Waals surface area contributed by atoms with Crippen molar-refractivity contribution in [1.29, 1.82) is 0 Å². The number of aromatic nitrogens is 1. The molecule has 6 nitrogen and oxygen atoms in total. The standard InChI is InChI=1S/C22H22N2O4/c1-27-21-20-7-4-16(14-17(20)8-11-23-21)15-2-5-18(6-3-15)28-19-9-12-24(13-10-19)22(25)26/h2-8,11,14,19H,9-10,12-13H2,1H3,(H,25,26). The molecule has 1 amide bonds. The number of carboxylic acid groups (broad SMARTS) is 1. The zero-order chi connectivity index (χ0) is 19.5. The van der Waals surface area contributed by atoms with E-state index in [-0.39, 0.29) is 6.10 Å². The van der Waals surface area contributed by atoms with Gasteiger partial charge in [0.05, 0.1) is 7.11 Å². The molecule has 0 spiro atoms. The van der Waals surface area contributed by atoms with E-state index in [1.807, 2.05) is 36.4 Å². The summed E-state index contributed by atoms with van der Waals surface area (Å²) in [6.07, 6.45) is 2.38. The van der Waals surface area contributed by atoms with Gasteiger partial charge in [0, 0.05) is 37.5 Å². The number of piperidine rings is 1. The highest BCUT2D eigenvalue weighted by atomic mass is 16.5. The number of likely N-dealkylation sites (tertiary alicyclic amines) is 1. The molecule has 0 bridgehead atoms. The summed E-state index contributed by atoms with van der Waals surface area (Å²) in [7, 11) is 1.62. The average molecular weight is 378 g/mol. The molecule has 1 aliphatic heterocycles. The third-order valence-corrected chi connectivity index (χ3v) is 5.12. The largest absolute Gasteiger partial charge is 0.490 e. The number of fused-ring (bicyclic) bond motifs is 1. The Morgan fingerprint density at radius 3 is 2.46 bits per heavy atom. The molecule has 1 saturated heterocycles. The Hall–Kier alpha value is -3.28. The first-order chi connectivity index (χ1) is 13.6. The van der Waals surface area contributed by atoms with Gasteiger partial charge in [-0.3, -0.25) is 0 Å². The molecule has 2 heterocycles. The summed E-state index contributed by atoms with van der Waals surface area (Å²) in [5.74, 6) is 1.44. The van der Waals surface area contributed by atoms with Crippen molar-refractivity contribution in [3.63, 3.8) is 0 Å². The highest BCUT2D eigenvalue weighted by molar-refractivity contribution is 5.90. The van der Waals surface area contributed by atoms with Crippen molar-refractivity contribution < 1.29 is 19.4 Å². The van der Waals surface area contributed by atoms with Crippen molar-refractivity contribution in [1.82, 2.24) is 9.88 Å². The summed E-state index contributed by atoms with van der Waals surface area (Å²) >= 11 is 0. The summed E-state index contributed by atoms with van der Waals surface area (Å²) in [5.41, 5.74) is 2.22. The highest BCUT2D eigenvalue weighted by Gasteiger charge is 2.23. The van der Waals surface area contributed by atoms with Gasteiger partial charge in [-0.1, -0.05) is 18.2 Å². The molecule has 2 aromatic carbocycles. The molecule has 4 rings (SSSR count). The number of pyridine rings is 1. The van der Waals surface area contributed by atoms with E-state index in [1.165, 1.54) is 4.90 Å². The molecule has 1 N–H and O–H groups in total. The molecule has 0 radical (unpaired) electrons. The molecule has 28 heavy (non-hydrogen) atoms. The molecule has 0 saturated carbocycles. The Balaban J connectivity index is 1.46. The first kappa shape index (κ1) is 18.1. The van der Waals surface area contributed by atoms with Gasteiger partial charge in [0.15, 0.2) is 0 Å². The van der Waals surface area contributed by atoms with Crippen LogP contribution in [0.2, 0.25) is 0 Å². The number of carbonyl (C=O) groups is 1. The van der Waals surface area contributed by atoms with Gasteiger partial charge in [-0.05, 0) is 46.8 Å². The van der Waals surface area contributed by atoms with Crippen molar-refractivity contribution in [2.45, 2.75) is 18.9 Å². The minimum Gasteiger partial charge on any atom is -0.490 e. The summed E-state index contributed by atoms with van der Waals surface area (Å²) in [6, 6.07) is 16.2. The fourth-order valence-corrected chi connectivity index (χ4v) is 3.58. The fourth-order valence-electron chi connectivity index (χ4n) is 3.58. The zero-order valence-corrected chi connectivity index (χ0v) is 15.7. The maximum Gasteiger partial charge on any atom is 0.407 e. The summed E-state index contributed by atoms with van der Waals surface area (Å²) in [5, 5.41) is 11.1. The average Bonchev–Trinajstić information content (AvgIpc) is 2.74. The molecule has 0 aliphatic carbocycles. The predicted octanol–water partition coefficient (Wildman–Crippen LogP) is 4.43. The van der Waals surface area contributed by atoms with E-state index >= 15 is 0 Å². The molecule has 1 aliphatic rings. The van der Waals surface area contributed by atoms with E-state index in [2.05, 4.69) is 17.1 Å². The lowest BCUT2D eigenvalue weighted by Gasteiger charge is -2.30. The van der Waals surface area contributed by atoms with Crippen LogP contribution in [0.4, 0.5) is 4.79 Å². The third kappa shape index (κ3) is 3.71. The molecular formula is C22H22N2O4. The van der Waals surface area contributed by atoms with Gasteiger partial charge < -0.3 is 19.5 Å². The van der Waals surface area contributed by atoms with Crippen LogP contribution in [0.5, 0.6) is 11.6 Å². The maximum absolute atomic E-state index is 11.0. The highest BCUT2D eigenvalue weighted by Crippen LogP contribution is 2.30. The van der Waals surface area contributed by atoms with Crippen LogP contribution in [0.1, 0.15) is 12.8 Å². The van der Waals surface area contributed by atoms with Gasteiger partial charge in [0.2, 0.25) is 5.88 Å². The van der Waals surface area contributed by atoms with Crippen LogP contribution >= 0.6 is 0 Å². The molecule has 1 fully saturated rings. The normalized spacial score (nSPS) is 14.8. The van der Waals surface area contributed by atoms with Gasteiger partial charge in [0.25, 0.3) is 0 Å². The van der Waals surface area contributed by atoms with E-state index in [1.54, 1.807) is 13.3 Å². The molecule has 6 heteroatoms. The minimum atomic E-state index is -0.855. The van der Waals surface area contributed by atoms with E-state index in [4.69, 9.17) is 14.6 Å². The van der Waals surface area contributed by atoms with Gasteiger partial charge in [-0.25, -0.2) is 9.78 Å². The van der Waals surface area contributed by atoms with E-state index in [0.717, 1.165) is 27.6 Å². The van der Waals surface area contributed by atoms with Gasteiger partial charge in [0.1, 0.15) is 11.9 Å². The maximum atomic E-state index is 11.0. The van der Waals surface area contributed by atoms with E-state index in [0.29, 0.717) is 31.8 Å². The van der Waals surface area contributed by atoms with Crippen molar-refractivity contribution in [3.05, 3.63) is 54.7 Å². The lowest BCUT2D eigenvalue weighted by Crippen LogP contribution is -2.41. The minimum absolute atomic E-state index is 0.0575. The van der Waals surface area contributed by atoms with Gasteiger partial charge in [-0.15, -0.1) is 0 Å². The third-order valence-electron chi connectivity index (χ3n) is 5.12. The van der Waals surface area contributed by atoms with E-state index < -0.39 is 6.09 Å². The number of hydrogen-bond donors (Lipinski definition) is 1. The van der Waals surface area contributed by atoms with Gasteiger partial charge in [-0.2, -0.15) is 0 Å². The molecule has 3 aromatic rings. The number of ether oxygens (including phenoxy) is 2. The van der Waals surface area contributed by atoms with Crippen molar-refractivity contribution in [3.8, 4) is 22.8 Å². The second-order valence-electron chi connectivity index (χ2n) is 6.87. The lowest BCUT2D eigenvalue weighted by molar-refractivity contribution is 0.0895. The molecule has 0 unspecified atom stereocenters. The predicted molar refractivity (Wildman–Crippen MR) is 107 cm³/mol. The second-order valence-corrected chi connectivity index (χ2v) is 6.87. The SMILES string of the molecule is COc1nccc2cc(-c3ccc(OC4CCN(C(=O)O)CC4)cc3)ccc12. The van der Waals surface area contributed by atoms with Crippen LogP contribution in [0.15, 0.2) is 54.7 Å². The number of methoxy groups -OCH3 is 1. The summed E-state index contributed by atoms with van der Waals surface area (Å²) in [4.78, 5) is 16.7. The summed E-state index contributed by atoms with van der Waals surface area (Å²) in [6.45, 7) is 1.04. The van der Waals surface area contributed by atoms with Crippen LogP contribution < -0.4 is 9.47 Å². The van der Waals surface area contributed by atoms with Crippen LogP contribution in [0, 0.1) is 0 Å². The Bertz CT molecular complexity index is 979. The Labute approximate surface area is 163 Å². The molecule has 1 aromatic heterocycles. The smallest absolute Gasteiger partial charge is 0.407 e. The van der Waals surface area contributed by atoms with Crippen LogP contribution in [-0.4, -0.2) is 47.4 Å². The number of rotatable bonds is 4. The molecular weight excluding hydrogens is 356 g/mol. The van der Waals surface area contributed by atoms with Crippen LogP contribution in [0.25, 0.3) is 21.9 Å². The quantitative estimate of drug-likeness (QED) is 0.727. The van der Waals surface area contributed by atoms with Crippen molar-refractivity contribution in [2.24, 2.45) is 0 Å². The van der Waals surface area contributed by atoms with Crippen LogP contribution in [0.3, 0.4) is 0 Å². The molecule has 0 atom stereocenters. The monoisotopic (exact) mass is 378 g/mol. The Morgan fingerprint density at radius 1 is 1.07 bits per heavy atom. The molecule has 144 valence electrons. The summed E-state index contributed by atoms with van der Waals surface area (Å²) < 4.78 is 11.3. The number of benzene rings is 2. The topological polar surface area (TPSA) is 71.9 Å². The first-order valence-corrected chi connectivity index (χ1v) is 9.32. The lowest BCUT2D eigenvalue weighted by atomic mass is 10.0.